The molecule has 6 aliphatic heterocycles. The van der Waals surface area contributed by atoms with E-state index in [2.05, 4.69) is 0 Å². The molecule has 14 heteroatoms. The van der Waals surface area contributed by atoms with Crippen molar-refractivity contribution in [3.05, 3.63) is 47.5 Å². The van der Waals surface area contributed by atoms with Gasteiger partial charge in [0.2, 0.25) is 0 Å². The summed E-state index contributed by atoms with van der Waals surface area (Å²) in [5.41, 5.74) is 0.319. The maximum absolute atomic E-state index is 14.2. The van der Waals surface area contributed by atoms with Crippen molar-refractivity contribution in [3.8, 4) is 0 Å². The van der Waals surface area contributed by atoms with Crippen LogP contribution in [0.25, 0.3) is 10.8 Å². The third-order valence-corrected chi connectivity index (χ3v) is 9.68. The minimum atomic E-state index is -0.955. The second kappa shape index (κ2) is 11.9. The minimum absolute atomic E-state index is 0.160. The van der Waals surface area contributed by atoms with Crippen LogP contribution >= 0.6 is 0 Å². The molecule has 0 radical (unpaired) electrons. The van der Waals surface area contributed by atoms with E-state index in [1.54, 1.807) is 79.7 Å². The number of hydrogen-bond acceptors (Lipinski definition) is 14. The van der Waals surface area contributed by atoms with Crippen LogP contribution in [-0.4, -0.2) is 110 Å². The average Bonchev–Trinajstić information content (AvgIpc) is 3.85. The van der Waals surface area contributed by atoms with E-state index < -0.39 is 96.5 Å². The fourth-order valence-electron chi connectivity index (χ4n) is 7.69. The molecule has 0 aromatic heterocycles. The smallest absolute Gasteiger partial charge is 0.339 e. The van der Waals surface area contributed by atoms with Gasteiger partial charge in [0.15, 0.2) is 60.1 Å². The van der Waals surface area contributed by atoms with E-state index in [1.165, 1.54) is 0 Å². The predicted octanol–water partition coefficient (Wildman–Crippen LogP) is 3.95. The molecule has 2 aromatic rings. The fourth-order valence-corrected chi connectivity index (χ4v) is 7.69. The maximum Gasteiger partial charge on any atom is 0.339 e. The Morgan fingerprint density at radius 2 is 0.980 bits per heavy atom. The van der Waals surface area contributed by atoms with Crippen LogP contribution in [0.2, 0.25) is 0 Å². The summed E-state index contributed by atoms with van der Waals surface area (Å²) >= 11 is 0. The van der Waals surface area contributed by atoms with E-state index in [0.29, 0.717) is 10.8 Å². The highest BCUT2D eigenvalue weighted by molar-refractivity contribution is 6.13. The van der Waals surface area contributed by atoms with Crippen LogP contribution in [0.1, 0.15) is 76.1 Å². The van der Waals surface area contributed by atoms with Crippen LogP contribution in [0.5, 0.6) is 0 Å². The van der Waals surface area contributed by atoms with Gasteiger partial charge in [-0.2, -0.15) is 0 Å². The van der Waals surface area contributed by atoms with E-state index in [1.807, 2.05) is 12.1 Å². The molecule has 0 bridgehead atoms. The van der Waals surface area contributed by atoms with Crippen LogP contribution < -0.4 is 0 Å². The summed E-state index contributed by atoms with van der Waals surface area (Å²) in [6, 6.07) is 10.3. The molecule has 2 aromatic carbocycles. The molecule has 14 nitrogen and oxygen atoms in total. The van der Waals surface area contributed by atoms with E-state index in [9.17, 15) is 9.59 Å². The van der Waals surface area contributed by atoms with Gasteiger partial charge in [0.1, 0.15) is 24.4 Å². The third kappa shape index (κ3) is 6.23. The molecule has 10 atom stereocenters. The van der Waals surface area contributed by atoms with Crippen molar-refractivity contribution in [2.75, 3.05) is 13.2 Å². The van der Waals surface area contributed by atoms with Gasteiger partial charge in [0.05, 0.1) is 24.3 Å². The van der Waals surface area contributed by atoms with Crippen LogP contribution in [-0.2, 0) is 56.8 Å². The number of rotatable bonds is 6. The molecule has 0 N–H and O–H groups in total. The number of ether oxygens (including phenoxy) is 12. The topological polar surface area (TPSA) is 145 Å². The Hall–Kier alpha value is -2.76. The van der Waals surface area contributed by atoms with Crippen molar-refractivity contribution >= 4 is 22.7 Å². The molecule has 272 valence electrons. The normalized spacial score (nSPS) is 39.0. The predicted molar refractivity (Wildman–Crippen MR) is 170 cm³/mol. The Morgan fingerprint density at radius 1 is 0.560 bits per heavy atom. The largest absolute Gasteiger partial charge is 0.453 e. The molecule has 0 saturated carbocycles. The molecule has 50 heavy (non-hydrogen) atoms. The molecule has 0 spiro atoms. The molecule has 0 amide bonds. The quantitative estimate of drug-likeness (QED) is 0.401. The molecule has 6 heterocycles. The number of hydrogen-bond donors (Lipinski definition) is 0. The van der Waals surface area contributed by atoms with E-state index >= 15 is 0 Å². The van der Waals surface area contributed by atoms with Gasteiger partial charge in [-0.3, -0.25) is 0 Å². The Labute approximate surface area is 289 Å². The van der Waals surface area contributed by atoms with Crippen LogP contribution in [0.3, 0.4) is 0 Å². The van der Waals surface area contributed by atoms with Crippen molar-refractivity contribution in [2.24, 2.45) is 0 Å². The van der Waals surface area contributed by atoms with Gasteiger partial charge in [-0.25, -0.2) is 9.59 Å². The molecule has 0 unspecified atom stereocenters. The van der Waals surface area contributed by atoms with E-state index in [0.717, 1.165) is 0 Å². The highest BCUT2D eigenvalue weighted by Gasteiger charge is 2.61. The Kier molecular flexibility index (Phi) is 8.16. The lowest BCUT2D eigenvalue weighted by Gasteiger charge is -2.29. The summed E-state index contributed by atoms with van der Waals surface area (Å²) in [7, 11) is 0. The van der Waals surface area contributed by atoms with Crippen molar-refractivity contribution in [1.82, 2.24) is 0 Å². The van der Waals surface area contributed by atoms with Crippen LogP contribution in [0.15, 0.2) is 36.4 Å². The molecule has 6 saturated heterocycles. The Morgan fingerprint density at radius 3 is 1.36 bits per heavy atom. The fraction of sp³-hybridized carbons (Fsp3) is 0.667. The lowest BCUT2D eigenvalue weighted by atomic mass is 9.98. The first-order valence-corrected chi connectivity index (χ1v) is 17.1. The van der Waals surface area contributed by atoms with Gasteiger partial charge < -0.3 is 56.8 Å². The molecule has 6 aliphatic rings. The Balaban J connectivity index is 1.08. The number of fused-ring (bicyclic) bond motifs is 3. The molecule has 0 aliphatic carbocycles. The van der Waals surface area contributed by atoms with Crippen molar-refractivity contribution < 1.29 is 66.4 Å². The lowest BCUT2D eigenvalue weighted by Crippen LogP contribution is -2.45. The summed E-state index contributed by atoms with van der Waals surface area (Å²) < 4.78 is 72.9. The van der Waals surface area contributed by atoms with Crippen molar-refractivity contribution in [3.63, 3.8) is 0 Å². The first-order valence-electron chi connectivity index (χ1n) is 17.1. The second-order valence-corrected chi connectivity index (χ2v) is 15.3. The van der Waals surface area contributed by atoms with Gasteiger partial charge in [-0.15, -0.1) is 0 Å². The van der Waals surface area contributed by atoms with Crippen LogP contribution in [0, 0.1) is 0 Å². The van der Waals surface area contributed by atoms with Gasteiger partial charge in [-0.05, 0) is 72.9 Å². The molecular formula is C36H44O14. The summed E-state index contributed by atoms with van der Waals surface area (Å²) in [4.78, 5) is 28.4. The van der Waals surface area contributed by atoms with E-state index in [-0.39, 0.29) is 24.3 Å². The number of esters is 2. The number of carbonyl (C=O) groups excluding carboxylic acids is 2. The maximum atomic E-state index is 14.2. The van der Waals surface area contributed by atoms with Gasteiger partial charge >= 0.3 is 11.9 Å². The second-order valence-electron chi connectivity index (χ2n) is 15.3. The standard InChI is InChI=1S/C36H44O14/c1-33(2)39-15-20(45-33)23-25(27-31(43-23)49-35(5,6)47-27)41-29(37)18-13-9-11-17-12-10-14-19(22(17)18)30(38)42-26-24(21-16-40-34(3,4)46-21)44-32-28(26)48-36(7,8)50-32/h9-14,20-21,23-28,31-32H,15-16H2,1-8H3/t20-,21-,23-,24-,25+,26+,27-,28-,31-,32-/m1/s1. The zero-order chi connectivity index (χ0) is 35.4. The lowest BCUT2D eigenvalue weighted by molar-refractivity contribution is -0.232. The SMILES string of the molecule is CC1(C)O[C@H]2O[C@H]([C@H]3COC(C)(C)O3)[C@H](OC(=O)c3cccc4cccc(C(=O)O[C@@H]5[C@H]6OC(C)(C)O[C@H]6O[C@@H]5[C@H]5COC(C)(C)O5)c34)[C@H]2O1. The van der Waals surface area contributed by atoms with Crippen molar-refractivity contribution in [1.29, 1.82) is 0 Å². The van der Waals surface area contributed by atoms with Gasteiger partial charge in [0.25, 0.3) is 0 Å². The Bertz CT molecular complexity index is 1550. The first-order chi connectivity index (χ1) is 23.5. The molecule has 8 rings (SSSR count). The summed E-state index contributed by atoms with van der Waals surface area (Å²) in [6.45, 7) is 14.7. The number of carbonyl (C=O) groups is 2. The average molecular weight is 701 g/mol. The third-order valence-electron chi connectivity index (χ3n) is 9.68. The summed E-state index contributed by atoms with van der Waals surface area (Å²) in [6.07, 6.45) is -7.36. The van der Waals surface area contributed by atoms with Gasteiger partial charge in [0, 0.05) is 5.39 Å². The highest BCUT2D eigenvalue weighted by Crippen LogP contribution is 2.44. The molecule has 6 fully saturated rings. The summed E-state index contributed by atoms with van der Waals surface area (Å²) in [5.74, 6) is -4.96. The first kappa shape index (κ1) is 34.3. The zero-order valence-corrected chi connectivity index (χ0v) is 29.4. The van der Waals surface area contributed by atoms with Crippen molar-refractivity contribution in [2.45, 2.75) is 140 Å². The zero-order valence-electron chi connectivity index (χ0n) is 29.4. The summed E-state index contributed by atoms with van der Waals surface area (Å²) in [5, 5.41) is 0.995. The van der Waals surface area contributed by atoms with Crippen LogP contribution in [0.4, 0.5) is 0 Å². The highest BCUT2D eigenvalue weighted by atomic mass is 16.9. The monoisotopic (exact) mass is 700 g/mol. The minimum Gasteiger partial charge on any atom is -0.453 e. The van der Waals surface area contributed by atoms with Gasteiger partial charge in [-0.1, -0.05) is 24.3 Å². The number of benzene rings is 2. The van der Waals surface area contributed by atoms with E-state index in [4.69, 9.17) is 56.8 Å². The molecular weight excluding hydrogens is 656 g/mol.